The van der Waals surface area contributed by atoms with Crippen LogP contribution in [-0.2, 0) is 4.79 Å². The monoisotopic (exact) mass is 254 g/mol. The van der Waals surface area contributed by atoms with Crippen LogP contribution in [0.1, 0.15) is 20.3 Å². The topological polar surface area (TPSA) is 66.6 Å². The van der Waals surface area contributed by atoms with Gasteiger partial charge in [-0.05, 0) is 13.8 Å². The number of nitrogens with two attached hydrogens (primary N) is 1. The summed E-state index contributed by atoms with van der Waals surface area (Å²) in [5, 5.41) is 9.44. The van der Waals surface area contributed by atoms with Crippen LogP contribution in [0.2, 0.25) is 0 Å². The molecule has 0 bridgehead atoms. The fourth-order valence-electron chi connectivity index (χ4n) is 1.71. The molecule has 0 aliphatic carbocycles. The van der Waals surface area contributed by atoms with Crippen LogP contribution in [-0.4, -0.2) is 47.3 Å². The first-order valence-electron chi connectivity index (χ1n) is 5.32. The van der Waals surface area contributed by atoms with E-state index in [2.05, 4.69) is 0 Å². The van der Waals surface area contributed by atoms with Crippen LogP contribution >= 0.6 is 0 Å². The summed E-state index contributed by atoms with van der Waals surface area (Å²) in [4.78, 5) is 12.9. The molecule has 1 rings (SSSR count). The zero-order chi connectivity index (χ0) is 13.5. The van der Waals surface area contributed by atoms with Crippen molar-refractivity contribution in [3.8, 4) is 0 Å². The van der Waals surface area contributed by atoms with Crippen molar-refractivity contribution in [2.75, 3.05) is 19.6 Å². The smallest absolute Gasteiger partial charge is 0.379 e. The van der Waals surface area contributed by atoms with E-state index in [4.69, 9.17) is 5.73 Å². The molecule has 1 unspecified atom stereocenters. The molecule has 1 heterocycles. The highest BCUT2D eigenvalue weighted by Gasteiger charge is 2.58. The molecule has 1 atom stereocenters. The van der Waals surface area contributed by atoms with Gasteiger partial charge in [0.25, 0.3) is 0 Å². The van der Waals surface area contributed by atoms with Gasteiger partial charge in [0.1, 0.15) is 0 Å². The van der Waals surface area contributed by atoms with Gasteiger partial charge in [-0.1, -0.05) is 0 Å². The van der Waals surface area contributed by atoms with Crippen molar-refractivity contribution >= 4 is 5.91 Å². The van der Waals surface area contributed by atoms with E-state index in [0.717, 1.165) is 4.90 Å². The van der Waals surface area contributed by atoms with Gasteiger partial charge >= 0.3 is 6.18 Å². The van der Waals surface area contributed by atoms with Crippen molar-refractivity contribution in [1.82, 2.24) is 4.90 Å². The Bertz CT molecular complexity index is 317. The minimum atomic E-state index is -4.71. The number of carbonyl (C=O) groups is 1. The average Bonchev–Trinajstić information content (AvgIpc) is 2.60. The lowest BCUT2D eigenvalue weighted by Gasteiger charge is -2.30. The summed E-state index contributed by atoms with van der Waals surface area (Å²) < 4.78 is 37.6. The molecule has 1 aliphatic rings. The van der Waals surface area contributed by atoms with Gasteiger partial charge in [0.2, 0.25) is 5.91 Å². The highest BCUT2D eigenvalue weighted by Crippen LogP contribution is 2.38. The van der Waals surface area contributed by atoms with Gasteiger partial charge in [-0.25, -0.2) is 0 Å². The molecule has 0 spiro atoms. The zero-order valence-corrected chi connectivity index (χ0v) is 9.84. The molecule has 0 aromatic rings. The summed E-state index contributed by atoms with van der Waals surface area (Å²) in [6, 6.07) is 0. The van der Waals surface area contributed by atoms with Crippen LogP contribution in [0.25, 0.3) is 0 Å². The van der Waals surface area contributed by atoms with Crippen molar-refractivity contribution in [3.63, 3.8) is 0 Å². The molecule has 7 heteroatoms. The van der Waals surface area contributed by atoms with Crippen LogP contribution in [0, 0.1) is 5.41 Å². The summed E-state index contributed by atoms with van der Waals surface area (Å²) >= 11 is 0. The van der Waals surface area contributed by atoms with Crippen molar-refractivity contribution in [2.45, 2.75) is 32.0 Å². The summed E-state index contributed by atoms with van der Waals surface area (Å²) in [6.45, 7) is 2.38. The van der Waals surface area contributed by atoms with Crippen molar-refractivity contribution < 1.29 is 23.1 Å². The molecule has 0 radical (unpaired) electrons. The quantitative estimate of drug-likeness (QED) is 0.754. The molecule has 3 N–H and O–H groups in total. The molecule has 1 amide bonds. The standard InChI is InChI=1S/C10H17F3N2O2/c1-8(2,5-14)7(16)15-4-3-9(17,6-15)10(11,12)13/h17H,3-6,14H2,1-2H3. The molecular weight excluding hydrogens is 237 g/mol. The molecular formula is C10H17F3N2O2. The fourth-order valence-corrected chi connectivity index (χ4v) is 1.71. The SMILES string of the molecule is CC(C)(CN)C(=O)N1CCC(O)(C(F)(F)F)C1. The number of hydrogen-bond donors (Lipinski definition) is 2. The van der Waals surface area contributed by atoms with Crippen molar-refractivity contribution in [2.24, 2.45) is 11.1 Å². The Hall–Kier alpha value is -0.820. The Balaban J connectivity index is 2.79. The van der Waals surface area contributed by atoms with Gasteiger partial charge in [0, 0.05) is 19.5 Å². The molecule has 4 nitrogen and oxygen atoms in total. The highest BCUT2D eigenvalue weighted by molar-refractivity contribution is 5.82. The van der Waals surface area contributed by atoms with E-state index in [0.29, 0.717) is 0 Å². The third-order valence-corrected chi connectivity index (χ3v) is 3.15. The van der Waals surface area contributed by atoms with E-state index in [9.17, 15) is 23.1 Å². The normalized spacial score (nSPS) is 26.4. The molecule has 0 saturated carbocycles. The molecule has 17 heavy (non-hydrogen) atoms. The minimum absolute atomic E-state index is 0.0484. The predicted octanol–water partition coefficient (Wildman–Crippen LogP) is 0.497. The Morgan fingerprint density at radius 2 is 2.00 bits per heavy atom. The maximum atomic E-state index is 12.5. The third-order valence-electron chi connectivity index (χ3n) is 3.15. The Morgan fingerprint density at radius 1 is 1.47 bits per heavy atom. The lowest BCUT2D eigenvalue weighted by Crippen LogP contribution is -2.50. The number of hydrogen-bond acceptors (Lipinski definition) is 3. The highest BCUT2D eigenvalue weighted by atomic mass is 19.4. The predicted molar refractivity (Wildman–Crippen MR) is 55.0 cm³/mol. The van der Waals surface area contributed by atoms with E-state index < -0.39 is 36.1 Å². The third kappa shape index (κ3) is 2.55. The first-order chi connectivity index (χ1) is 7.53. The van der Waals surface area contributed by atoms with Gasteiger partial charge in [-0.3, -0.25) is 4.79 Å². The van der Waals surface area contributed by atoms with Crippen molar-refractivity contribution in [3.05, 3.63) is 0 Å². The van der Waals surface area contributed by atoms with Gasteiger partial charge < -0.3 is 15.7 Å². The first-order valence-corrected chi connectivity index (χ1v) is 5.32. The lowest BCUT2D eigenvalue weighted by molar-refractivity contribution is -0.253. The number of amides is 1. The Labute approximate surface area is 97.6 Å². The summed E-state index contributed by atoms with van der Waals surface area (Å²) in [5.74, 6) is -0.458. The number of rotatable bonds is 2. The number of nitrogens with zero attached hydrogens (tertiary/aromatic N) is 1. The average molecular weight is 254 g/mol. The molecule has 0 aromatic carbocycles. The Kier molecular flexibility index (Phi) is 3.46. The van der Waals surface area contributed by atoms with Crippen LogP contribution in [0.3, 0.4) is 0 Å². The summed E-state index contributed by atoms with van der Waals surface area (Å²) in [6.07, 6.45) is -5.20. The lowest BCUT2D eigenvalue weighted by atomic mass is 9.92. The number of aliphatic hydroxyl groups is 1. The molecule has 1 saturated heterocycles. The number of β-amino-alcohol motifs (C(OH)–C–C–N with tert-alkyl or cyclic N) is 1. The molecule has 0 aromatic heterocycles. The van der Waals surface area contributed by atoms with Gasteiger partial charge in [-0.15, -0.1) is 0 Å². The second-order valence-corrected chi connectivity index (χ2v) is 5.09. The minimum Gasteiger partial charge on any atom is -0.379 e. The van der Waals surface area contributed by atoms with Crippen LogP contribution < -0.4 is 5.73 Å². The number of likely N-dealkylation sites (tertiary alicyclic amines) is 1. The first kappa shape index (κ1) is 14.2. The van der Waals surface area contributed by atoms with E-state index in [1.807, 2.05) is 0 Å². The second kappa shape index (κ2) is 4.13. The molecule has 1 aliphatic heterocycles. The fraction of sp³-hybridized carbons (Fsp3) is 0.900. The zero-order valence-electron chi connectivity index (χ0n) is 9.84. The molecule has 100 valence electrons. The Morgan fingerprint density at radius 3 is 2.35 bits per heavy atom. The van der Waals surface area contributed by atoms with E-state index in [1.54, 1.807) is 13.8 Å². The summed E-state index contributed by atoms with van der Waals surface area (Å²) in [7, 11) is 0. The second-order valence-electron chi connectivity index (χ2n) is 5.09. The number of alkyl halides is 3. The van der Waals surface area contributed by atoms with E-state index in [1.165, 1.54) is 0 Å². The van der Waals surface area contributed by atoms with Gasteiger partial charge in [0.05, 0.1) is 12.0 Å². The van der Waals surface area contributed by atoms with Crippen LogP contribution in [0.4, 0.5) is 13.2 Å². The van der Waals surface area contributed by atoms with Gasteiger partial charge in [0.15, 0.2) is 5.60 Å². The summed E-state index contributed by atoms with van der Waals surface area (Å²) in [5.41, 5.74) is 1.71. The number of halogens is 3. The van der Waals surface area contributed by atoms with Gasteiger partial charge in [-0.2, -0.15) is 13.2 Å². The van der Waals surface area contributed by atoms with E-state index in [-0.39, 0.29) is 13.1 Å². The van der Waals surface area contributed by atoms with Crippen LogP contribution in [0.5, 0.6) is 0 Å². The number of carbonyl (C=O) groups excluding carboxylic acids is 1. The van der Waals surface area contributed by atoms with Crippen molar-refractivity contribution in [1.29, 1.82) is 0 Å². The largest absolute Gasteiger partial charge is 0.419 e. The maximum Gasteiger partial charge on any atom is 0.419 e. The maximum absolute atomic E-state index is 12.5. The molecule has 1 fully saturated rings. The van der Waals surface area contributed by atoms with Crippen LogP contribution in [0.15, 0.2) is 0 Å². The van der Waals surface area contributed by atoms with E-state index >= 15 is 0 Å².